The van der Waals surface area contributed by atoms with Gasteiger partial charge in [-0.25, -0.2) is 0 Å². The summed E-state index contributed by atoms with van der Waals surface area (Å²) in [6.45, 7) is 3.89. The average Bonchev–Trinajstić information content (AvgIpc) is 2.42. The van der Waals surface area contributed by atoms with Gasteiger partial charge in [0, 0.05) is 0 Å². The van der Waals surface area contributed by atoms with Gasteiger partial charge in [-0.2, -0.15) is 0 Å². The van der Waals surface area contributed by atoms with Crippen molar-refractivity contribution in [2.75, 3.05) is 17.7 Å². The first-order valence-corrected chi connectivity index (χ1v) is 6.40. The molecule has 0 atom stereocenters. The Balaban J connectivity index is 1.96. The second-order valence-electron chi connectivity index (χ2n) is 4.69. The molecule has 0 radical (unpaired) electrons. The van der Waals surface area contributed by atoms with Gasteiger partial charge in [-0.15, -0.1) is 0 Å². The summed E-state index contributed by atoms with van der Waals surface area (Å²) in [6.07, 6.45) is 0. The molecule has 104 valence electrons. The Morgan fingerprint density at radius 3 is 2.70 bits per heavy atom. The number of ether oxygens (including phenoxy) is 1. The van der Waals surface area contributed by atoms with Crippen LogP contribution < -0.4 is 15.8 Å². The average molecular weight is 270 g/mol. The monoisotopic (exact) mass is 270 g/mol. The van der Waals surface area contributed by atoms with Crippen molar-refractivity contribution in [2.45, 2.75) is 13.8 Å². The molecule has 0 saturated carbocycles. The van der Waals surface area contributed by atoms with Crippen LogP contribution in [-0.4, -0.2) is 12.5 Å². The van der Waals surface area contributed by atoms with Crippen molar-refractivity contribution in [1.29, 1.82) is 0 Å². The predicted molar refractivity (Wildman–Crippen MR) is 80.9 cm³/mol. The summed E-state index contributed by atoms with van der Waals surface area (Å²) in [7, 11) is 0. The lowest BCUT2D eigenvalue weighted by Crippen LogP contribution is -2.21. The molecule has 4 heteroatoms. The van der Waals surface area contributed by atoms with Crippen molar-refractivity contribution in [3.63, 3.8) is 0 Å². The first kappa shape index (κ1) is 13.9. The Hall–Kier alpha value is -2.49. The number of anilines is 2. The van der Waals surface area contributed by atoms with Crippen LogP contribution in [0.1, 0.15) is 11.1 Å². The lowest BCUT2D eigenvalue weighted by molar-refractivity contribution is -0.118. The van der Waals surface area contributed by atoms with Gasteiger partial charge in [0.1, 0.15) is 5.75 Å². The van der Waals surface area contributed by atoms with E-state index in [1.165, 1.54) is 0 Å². The molecule has 2 rings (SSSR count). The fraction of sp³-hybridized carbons (Fsp3) is 0.188. The van der Waals surface area contributed by atoms with Gasteiger partial charge in [-0.05, 0) is 43.2 Å². The number of hydrogen-bond donors (Lipinski definition) is 2. The maximum atomic E-state index is 11.8. The Labute approximate surface area is 118 Å². The maximum absolute atomic E-state index is 11.8. The van der Waals surface area contributed by atoms with E-state index in [9.17, 15) is 4.79 Å². The summed E-state index contributed by atoms with van der Waals surface area (Å²) in [5.41, 5.74) is 9.00. The third-order valence-corrected chi connectivity index (χ3v) is 2.94. The SMILES string of the molecule is Cc1ccc(C)c(OCC(=O)Nc2ccccc2N)c1. The summed E-state index contributed by atoms with van der Waals surface area (Å²) < 4.78 is 5.54. The molecular formula is C16H18N2O2. The molecule has 0 spiro atoms. The number of para-hydroxylation sites is 2. The highest BCUT2D eigenvalue weighted by molar-refractivity contribution is 5.94. The molecule has 0 fully saturated rings. The normalized spacial score (nSPS) is 10.1. The quantitative estimate of drug-likeness (QED) is 0.840. The number of nitrogen functional groups attached to an aromatic ring is 1. The molecule has 0 bridgehead atoms. The molecule has 0 saturated heterocycles. The van der Waals surface area contributed by atoms with Crippen LogP contribution in [0.3, 0.4) is 0 Å². The standard InChI is InChI=1S/C16H18N2O2/c1-11-7-8-12(2)15(9-11)20-10-16(19)18-14-6-4-3-5-13(14)17/h3-9H,10,17H2,1-2H3,(H,18,19). The summed E-state index contributed by atoms with van der Waals surface area (Å²) in [5, 5.41) is 2.73. The molecule has 2 aromatic carbocycles. The first-order valence-electron chi connectivity index (χ1n) is 6.40. The van der Waals surface area contributed by atoms with E-state index in [0.717, 1.165) is 16.9 Å². The largest absolute Gasteiger partial charge is 0.483 e. The van der Waals surface area contributed by atoms with Crippen LogP contribution in [0.25, 0.3) is 0 Å². The summed E-state index contributed by atoms with van der Waals surface area (Å²) in [4.78, 5) is 11.8. The third kappa shape index (κ3) is 3.51. The van der Waals surface area contributed by atoms with Crippen LogP contribution in [0.15, 0.2) is 42.5 Å². The zero-order chi connectivity index (χ0) is 14.5. The van der Waals surface area contributed by atoms with E-state index in [0.29, 0.717) is 11.4 Å². The highest BCUT2D eigenvalue weighted by Gasteiger charge is 2.07. The molecule has 3 N–H and O–H groups in total. The van der Waals surface area contributed by atoms with Gasteiger partial charge < -0.3 is 15.8 Å². The minimum atomic E-state index is -0.233. The number of carbonyl (C=O) groups excluding carboxylic acids is 1. The Morgan fingerprint density at radius 2 is 1.95 bits per heavy atom. The summed E-state index contributed by atoms with van der Waals surface area (Å²) >= 11 is 0. The number of aryl methyl sites for hydroxylation is 2. The van der Waals surface area contributed by atoms with Crippen LogP contribution in [-0.2, 0) is 4.79 Å². The van der Waals surface area contributed by atoms with Gasteiger partial charge in [-0.1, -0.05) is 24.3 Å². The van der Waals surface area contributed by atoms with Gasteiger partial charge >= 0.3 is 0 Å². The number of nitrogens with two attached hydrogens (primary N) is 1. The third-order valence-electron chi connectivity index (χ3n) is 2.94. The van der Waals surface area contributed by atoms with Gasteiger partial charge in [0.2, 0.25) is 0 Å². The zero-order valence-electron chi connectivity index (χ0n) is 11.6. The van der Waals surface area contributed by atoms with E-state index in [4.69, 9.17) is 10.5 Å². The smallest absolute Gasteiger partial charge is 0.262 e. The van der Waals surface area contributed by atoms with Crippen molar-refractivity contribution in [3.8, 4) is 5.75 Å². The van der Waals surface area contributed by atoms with Crippen LogP contribution in [0.2, 0.25) is 0 Å². The van der Waals surface area contributed by atoms with Crippen LogP contribution >= 0.6 is 0 Å². The number of hydrogen-bond acceptors (Lipinski definition) is 3. The van der Waals surface area contributed by atoms with Crippen LogP contribution in [0.4, 0.5) is 11.4 Å². The Kier molecular flexibility index (Phi) is 4.25. The fourth-order valence-corrected chi connectivity index (χ4v) is 1.80. The number of rotatable bonds is 4. The van der Waals surface area contributed by atoms with E-state index in [2.05, 4.69) is 5.32 Å². The Bertz CT molecular complexity index is 624. The van der Waals surface area contributed by atoms with E-state index in [-0.39, 0.29) is 12.5 Å². The molecule has 2 aromatic rings. The molecule has 1 amide bonds. The van der Waals surface area contributed by atoms with E-state index in [1.807, 2.05) is 44.2 Å². The van der Waals surface area contributed by atoms with Crippen LogP contribution in [0, 0.1) is 13.8 Å². The Morgan fingerprint density at radius 1 is 1.20 bits per heavy atom. The summed E-state index contributed by atoms with van der Waals surface area (Å²) in [6, 6.07) is 13.0. The second kappa shape index (κ2) is 6.10. The number of benzene rings is 2. The van der Waals surface area contributed by atoms with E-state index < -0.39 is 0 Å². The molecule has 0 aliphatic carbocycles. The summed E-state index contributed by atoms with van der Waals surface area (Å²) in [5.74, 6) is 0.491. The van der Waals surface area contributed by atoms with Crippen LogP contribution in [0.5, 0.6) is 5.75 Å². The zero-order valence-corrected chi connectivity index (χ0v) is 11.6. The van der Waals surface area contributed by atoms with E-state index in [1.54, 1.807) is 12.1 Å². The maximum Gasteiger partial charge on any atom is 0.262 e. The lowest BCUT2D eigenvalue weighted by atomic mass is 10.1. The van der Waals surface area contributed by atoms with Crippen molar-refractivity contribution >= 4 is 17.3 Å². The van der Waals surface area contributed by atoms with Gasteiger partial charge in [0.05, 0.1) is 11.4 Å². The van der Waals surface area contributed by atoms with Crippen molar-refractivity contribution in [3.05, 3.63) is 53.6 Å². The fourth-order valence-electron chi connectivity index (χ4n) is 1.80. The molecule has 4 nitrogen and oxygen atoms in total. The molecule has 0 unspecified atom stereocenters. The van der Waals surface area contributed by atoms with E-state index >= 15 is 0 Å². The van der Waals surface area contributed by atoms with Gasteiger partial charge in [-0.3, -0.25) is 4.79 Å². The number of nitrogens with one attached hydrogen (secondary N) is 1. The highest BCUT2D eigenvalue weighted by atomic mass is 16.5. The molecule has 20 heavy (non-hydrogen) atoms. The van der Waals surface area contributed by atoms with Crippen molar-refractivity contribution in [1.82, 2.24) is 0 Å². The van der Waals surface area contributed by atoms with Gasteiger partial charge in [0.25, 0.3) is 5.91 Å². The number of amides is 1. The molecular weight excluding hydrogens is 252 g/mol. The highest BCUT2D eigenvalue weighted by Crippen LogP contribution is 2.20. The minimum absolute atomic E-state index is 0.0430. The predicted octanol–water partition coefficient (Wildman–Crippen LogP) is 2.90. The molecule has 0 heterocycles. The second-order valence-corrected chi connectivity index (χ2v) is 4.69. The van der Waals surface area contributed by atoms with Crippen molar-refractivity contribution < 1.29 is 9.53 Å². The number of carbonyl (C=O) groups is 1. The topological polar surface area (TPSA) is 64.3 Å². The van der Waals surface area contributed by atoms with Gasteiger partial charge in [0.15, 0.2) is 6.61 Å². The molecule has 0 aliphatic heterocycles. The first-order chi connectivity index (χ1) is 9.56. The lowest BCUT2D eigenvalue weighted by Gasteiger charge is -2.11. The molecule has 0 aliphatic rings. The van der Waals surface area contributed by atoms with Crippen molar-refractivity contribution in [2.24, 2.45) is 0 Å². The minimum Gasteiger partial charge on any atom is -0.483 e. The molecule has 0 aromatic heterocycles.